The van der Waals surface area contributed by atoms with Crippen LogP contribution in [0.2, 0.25) is 0 Å². The van der Waals surface area contributed by atoms with Crippen LogP contribution in [-0.4, -0.2) is 14.7 Å². The van der Waals surface area contributed by atoms with Crippen molar-refractivity contribution < 1.29 is 5.11 Å². The quantitative estimate of drug-likeness (QED) is 0.741. The molecule has 0 aliphatic carbocycles. The van der Waals surface area contributed by atoms with Crippen LogP contribution in [0.25, 0.3) is 0 Å². The Morgan fingerprint density at radius 1 is 1.50 bits per heavy atom. The first-order chi connectivity index (χ1) is 5.64. The molecule has 0 atom stereocenters. The molecule has 68 valence electrons. The first-order valence-corrected chi connectivity index (χ1v) is 4.34. The number of nitrogens with zero attached hydrogens (tertiary/aromatic N) is 2. The number of hydrogen-bond donors (Lipinski definition) is 1. The van der Waals surface area contributed by atoms with Crippen LogP contribution in [0.15, 0.2) is 12.4 Å². The van der Waals surface area contributed by atoms with E-state index in [1.54, 1.807) is 6.20 Å². The number of rotatable bonds is 3. The lowest BCUT2D eigenvalue weighted by Crippen LogP contribution is -2.27. The molecule has 0 amide bonds. The third-order valence-electron chi connectivity index (χ3n) is 2.41. The molecule has 12 heavy (non-hydrogen) atoms. The molecular formula is C9H16N2O. The Morgan fingerprint density at radius 3 is 2.42 bits per heavy atom. The minimum atomic E-state index is -0.752. The zero-order valence-electron chi connectivity index (χ0n) is 7.91. The molecule has 0 unspecified atom stereocenters. The third kappa shape index (κ3) is 1.37. The Labute approximate surface area is 73.1 Å². The van der Waals surface area contributed by atoms with Crippen LogP contribution >= 0.6 is 0 Å². The minimum Gasteiger partial charge on any atom is -0.382 e. The van der Waals surface area contributed by atoms with Crippen molar-refractivity contribution in [3.05, 3.63) is 18.2 Å². The maximum absolute atomic E-state index is 10.1. The summed E-state index contributed by atoms with van der Waals surface area (Å²) in [5, 5.41) is 10.1. The van der Waals surface area contributed by atoms with Gasteiger partial charge in [-0.1, -0.05) is 13.8 Å². The van der Waals surface area contributed by atoms with Gasteiger partial charge in [-0.15, -0.1) is 0 Å². The highest BCUT2D eigenvalue weighted by molar-refractivity contribution is 5.03. The monoisotopic (exact) mass is 168 g/mol. The fourth-order valence-electron chi connectivity index (χ4n) is 1.38. The van der Waals surface area contributed by atoms with E-state index in [-0.39, 0.29) is 0 Å². The van der Waals surface area contributed by atoms with Gasteiger partial charge in [0.1, 0.15) is 11.4 Å². The highest BCUT2D eigenvalue weighted by atomic mass is 16.3. The molecule has 0 fully saturated rings. The SMILES string of the molecule is CCC(O)(CC)c1nccn1C. The number of hydrogen-bond acceptors (Lipinski definition) is 2. The van der Waals surface area contributed by atoms with Crippen LogP contribution in [0, 0.1) is 0 Å². The first-order valence-electron chi connectivity index (χ1n) is 4.34. The Hall–Kier alpha value is -0.830. The molecule has 1 aromatic rings. The number of imidazole rings is 1. The summed E-state index contributed by atoms with van der Waals surface area (Å²) in [5.74, 6) is 0.757. The fourth-order valence-corrected chi connectivity index (χ4v) is 1.38. The van der Waals surface area contributed by atoms with Gasteiger partial charge >= 0.3 is 0 Å². The average molecular weight is 168 g/mol. The predicted octanol–water partition coefficient (Wildman–Crippen LogP) is 1.43. The Morgan fingerprint density at radius 2 is 2.08 bits per heavy atom. The molecular weight excluding hydrogens is 152 g/mol. The maximum atomic E-state index is 10.1. The Bertz CT molecular complexity index is 251. The standard InChI is InChI=1S/C9H16N2O/c1-4-9(12,5-2)8-10-6-7-11(8)3/h6-7,12H,4-5H2,1-3H3. The smallest absolute Gasteiger partial charge is 0.140 e. The number of aryl methyl sites for hydroxylation is 1. The normalized spacial score (nSPS) is 12.0. The summed E-state index contributed by atoms with van der Waals surface area (Å²) in [6.45, 7) is 3.94. The van der Waals surface area contributed by atoms with Gasteiger partial charge in [0.15, 0.2) is 0 Å². The highest BCUT2D eigenvalue weighted by Gasteiger charge is 2.28. The van der Waals surface area contributed by atoms with E-state index in [1.165, 1.54) is 0 Å². The summed E-state index contributed by atoms with van der Waals surface area (Å²) in [6, 6.07) is 0. The van der Waals surface area contributed by atoms with Crippen LogP contribution < -0.4 is 0 Å². The van der Waals surface area contributed by atoms with Gasteiger partial charge in [-0.2, -0.15) is 0 Å². The zero-order chi connectivity index (χ0) is 9.19. The molecule has 0 radical (unpaired) electrons. The highest BCUT2D eigenvalue weighted by Crippen LogP contribution is 2.25. The van der Waals surface area contributed by atoms with Crippen molar-refractivity contribution in [3.63, 3.8) is 0 Å². The van der Waals surface area contributed by atoms with Gasteiger partial charge in [0, 0.05) is 19.4 Å². The van der Waals surface area contributed by atoms with E-state index in [1.807, 2.05) is 31.7 Å². The first kappa shape index (κ1) is 9.26. The van der Waals surface area contributed by atoms with Crippen LogP contribution in [0.1, 0.15) is 32.5 Å². The van der Waals surface area contributed by atoms with Crippen molar-refractivity contribution in [2.24, 2.45) is 7.05 Å². The Balaban J connectivity index is 3.02. The average Bonchev–Trinajstić information content (AvgIpc) is 2.51. The van der Waals surface area contributed by atoms with E-state index in [0.717, 1.165) is 5.82 Å². The van der Waals surface area contributed by atoms with Crippen molar-refractivity contribution >= 4 is 0 Å². The van der Waals surface area contributed by atoms with Crippen LogP contribution in [0.4, 0.5) is 0 Å². The van der Waals surface area contributed by atoms with Gasteiger partial charge in [0.05, 0.1) is 0 Å². The molecule has 0 aliphatic heterocycles. The van der Waals surface area contributed by atoms with Gasteiger partial charge in [0.2, 0.25) is 0 Å². The van der Waals surface area contributed by atoms with Crippen molar-refractivity contribution in [1.29, 1.82) is 0 Å². The van der Waals surface area contributed by atoms with Crippen molar-refractivity contribution in [2.45, 2.75) is 32.3 Å². The second-order valence-electron chi connectivity index (χ2n) is 3.10. The molecule has 0 bridgehead atoms. The summed E-state index contributed by atoms with van der Waals surface area (Å²) in [6.07, 6.45) is 4.97. The van der Waals surface area contributed by atoms with Crippen LogP contribution in [0.3, 0.4) is 0 Å². The summed E-state index contributed by atoms with van der Waals surface area (Å²) in [5.41, 5.74) is -0.752. The van der Waals surface area contributed by atoms with E-state index in [2.05, 4.69) is 4.98 Å². The Kier molecular flexibility index (Phi) is 2.52. The molecule has 1 rings (SSSR count). The van der Waals surface area contributed by atoms with Crippen molar-refractivity contribution in [2.75, 3.05) is 0 Å². The molecule has 1 aromatic heterocycles. The second kappa shape index (κ2) is 3.27. The molecule has 3 heteroatoms. The number of aromatic nitrogens is 2. The summed E-state index contributed by atoms with van der Waals surface area (Å²) >= 11 is 0. The van der Waals surface area contributed by atoms with Crippen LogP contribution in [-0.2, 0) is 12.6 Å². The van der Waals surface area contributed by atoms with Crippen molar-refractivity contribution in [1.82, 2.24) is 9.55 Å². The molecule has 0 saturated heterocycles. The van der Waals surface area contributed by atoms with Crippen LogP contribution in [0.5, 0.6) is 0 Å². The molecule has 0 spiro atoms. The number of aliphatic hydroxyl groups is 1. The fraction of sp³-hybridized carbons (Fsp3) is 0.667. The second-order valence-corrected chi connectivity index (χ2v) is 3.10. The lowest BCUT2D eigenvalue weighted by molar-refractivity contribution is 0.0168. The molecule has 0 saturated carbocycles. The van der Waals surface area contributed by atoms with E-state index in [4.69, 9.17) is 0 Å². The maximum Gasteiger partial charge on any atom is 0.140 e. The summed E-state index contributed by atoms with van der Waals surface area (Å²) in [7, 11) is 1.90. The minimum absolute atomic E-state index is 0.703. The molecule has 0 aromatic carbocycles. The van der Waals surface area contributed by atoms with E-state index in [0.29, 0.717) is 12.8 Å². The molecule has 1 N–H and O–H groups in total. The third-order valence-corrected chi connectivity index (χ3v) is 2.41. The summed E-state index contributed by atoms with van der Waals surface area (Å²) in [4.78, 5) is 4.14. The topological polar surface area (TPSA) is 38.1 Å². The van der Waals surface area contributed by atoms with E-state index >= 15 is 0 Å². The van der Waals surface area contributed by atoms with E-state index in [9.17, 15) is 5.11 Å². The molecule has 1 heterocycles. The van der Waals surface area contributed by atoms with Gasteiger partial charge in [-0.25, -0.2) is 4.98 Å². The van der Waals surface area contributed by atoms with Gasteiger partial charge in [-0.3, -0.25) is 0 Å². The van der Waals surface area contributed by atoms with Gasteiger partial charge in [-0.05, 0) is 12.8 Å². The lowest BCUT2D eigenvalue weighted by Gasteiger charge is -2.24. The zero-order valence-corrected chi connectivity index (χ0v) is 7.91. The predicted molar refractivity (Wildman–Crippen MR) is 47.7 cm³/mol. The largest absolute Gasteiger partial charge is 0.382 e. The van der Waals surface area contributed by atoms with Gasteiger partial charge < -0.3 is 9.67 Å². The molecule has 0 aliphatic rings. The van der Waals surface area contributed by atoms with Crippen molar-refractivity contribution in [3.8, 4) is 0 Å². The van der Waals surface area contributed by atoms with E-state index < -0.39 is 5.60 Å². The van der Waals surface area contributed by atoms with Gasteiger partial charge in [0.25, 0.3) is 0 Å². The lowest BCUT2D eigenvalue weighted by atomic mass is 9.97. The summed E-state index contributed by atoms with van der Waals surface area (Å²) < 4.78 is 1.87. The molecule has 3 nitrogen and oxygen atoms in total.